The van der Waals surface area contributed by atoms with Gasteiger partial charge in [-0.2, -0.15) is 4.98 Å². The minimum Gasteiger partial charge on any atom is -0.396 e. The van der Waals surface area contributed by atoms with Gasteiger partial charge in [0, 0.05) is 36.6 Å². The molecule has 0 aromatic carbocycles. The van der Waals surface area contributed by atoms with E-state index in [9.17, 15) is 9.90 Å². The molecule has 0 bridgehead atoms. The number of anilines is 2. The molecule has 2 aromatic rings. The molecule has 0 fully saturated rings. The summed E-state index contributed by atoms with van der Waals surface area (Å²) in [5.74, 6) is 0.819. The molecule has 4 N–H and O–H groups in total. The number of hydrogen-bond acceptors (Lipinski definition) is 8. The third kappa shape index (κ3) is 4.72. The summed E-state index contributed by atoms with van der Waals surface area (Å²) in [4.78, 5) is 27.3. The first-order valence-corrected chi connectivity index (χ1v) is 10.3. The summed E-state index contributed by atoms with van der Waals surface area (Å²) in [6.45, 7) is 3.25. The number of aliphatic hydroxyl groups excluding tert-OH is 1. The Hall–Kier alpha value is -2.26. The van der Waals surface area contributed by atoms with Gasteiger partial charge in [-0.25, -0.2) is 9.97 Å². The molecule has 1 atom stereocenters. The van der Waals surface area contributed by atoms with Crippen LogP contribution in [-0.4, -0.2) is 50.1 Å². The number of rotatable bonds is 8. The molecule has 3 heterocycles. The van der Waals surface area contributed by atoms with E-state index in [1.165, 1.54) is 11.3 Å². The summed E-state index contributed by atoms with van der Waals surface area (Å²) in [5.41, 5.74) is 9.81. The number of carbonyl (C=O) groups excluding carboxylic acids is 1. The lowest BCUT2D eigenvalue weighted by Crippen LogP contribution is -2.37. The van der Waals surface area contributed by atoms with Crippen LogP contribution in [0.2, 0.25) is 0 Å². The number of nitrogens with zero attached hydrogens (tertiary/aromatic N) is 4. The highest BCUT2D eigenvalue weighted by molar-refractivity contribution is 7.07. The van der Waals surface area contributed by atoms with Gasteiger partial charge in [0.2, 0.25) is 5.95 Å². The van der Waals surface area contributed by atoms with Crippen molar-refractivity contribution in [3.63, 3.8) is 0 Å². The number of aromatic nitrogens is 3. The molecule has 2 aromatic heterocycles. The normalized spacial score (nSPS) is 14.7. The van der Waals surface area contributed by atoms with E-state index >= 15 is 0 Å². The molecular weight excluding hydrogens is 364 g/mol. The van der Waals surface area contributed by atoms with Crippen LogP contribution in [0.3, 0.4) is 0 Å². The van der Waals surface area contributed by atoms with Gasteiger partial charge in [-0.15, -0.1) is 11.3 Å². The summed E-state index contributed by atoms with van der Waals surface area (Å²) < 4.78 is 0. The molecule has 8 nitrogen and oxygen atoms in total. The zero-order chi connectivity index (χ0) is 19.2. The van der Waals surface area contributed by atoms with Crippen molar-refractivity contribution in [1.29, 1.82) is 0 Å². The van der Waals surface area contributed by atoms with Crippen LogP contribution in [0.25, 0.3) is 0 Å². The van der Waals surface area contributed by atoms with Gasteiger partial charge in [0.05, 0.1) is 17.7 Å². The summed E-state index contributed by atoms with van der Waals surface area (Å²) in [5, 5.41) is 14.6. The van der Waals surface area contributed by atoms with Gasteiger partial charge in [-0.1, -0.05) is 19.8 Å². The fraction of sp³-hybridized carbons (Fsp3) is 0.556. The standard InChI is InChI=1S/C18H26N6O2S/c1-2-3-4-12(6-8-25)21-16-13-9-24(17(26)15-10-27-11-20-15)7-5-14(13)22-18(19)23-16/h10-12,25H,2-9H2,1H3,(H3,19,21,22,23)/t12-/m0/s1. The summed E-state index contributed by atoms with van der Waals surface area (Å²) >= 11 is 1.41. The van der Waals surface area contributed by atoms with Crippen LogP contribution in [0.4, 0.5) is 11.8 Å². The first-order valence-electron chi connectivity index (χ1n) is 9.32. The second kappa shape index (κ2) is 9.09. The molecule has 1 aliphatic heterocycles. The van der Waals surface area contributed by atoms with Crippen molar-refractivity contribution in [1.82, 2.24) is 19.9 Å². The second-order valence-electron chi connectivity index (χ2n) is 6.70. The lowest BCUT2D eigenvalue weighted by Gasteiger charge is -2.30. The average Bonchev–Trinajstić information content (AvgIpc) is 3.20. The Morgan fingerprint density at radius 3 is 3.00 bits per heavy atom. The van der Waals surface area contributed by atoms with Crippen molar-refractivity contribution >= 4 is 29.0 Å². The van der Waals surface area contributed by atoms with E-state index in [1.54, 1.807) is 15.8 Å². The van der Waals surface area contributed by atoms with Crippen LogP contribution in [0.5, 0.6) is 0 Å². The summed E-state index contributed by atoms with van der Waals surface area (Å²) in [7, 11) is 0. The molecular formula is C18H26N6O2S. The maximum Gasteiger partial charge on any atom is 0.273 e. The van der Waals surface area contributed by atoms with Gasteiger partial charge >= 0.3 is 0 Å². The van der Waals surface area contributed by atoms with Crippen LogP contribution in [-0.2, 0) is 13.0 Å². The van der Waals surface area contributed by atoms with Crippen molar-refractivity contribution in [3.05, 3.63) is 27.8 Å². The van der Waals surface area contributed by atoms with E-state index < -0.39 is 0 Å². The summed E-state index contributed by atoms with van der Waals surface area (Å²) in [6, 6.07) is 0.109. The van der Waals surface area contributed by atoms with E-state index in [0.29, 0.717) is 37.4 Å². The molecule has 27 heavy (non-hydrogen) atoms. The highest BCUT2D eigenvalue weighted by atomic mass is 32.1. The number of nitrogens with two attached hydrogens (primary N) is 1. The van der Waals surface area contributed by atoms with Gasteiger partial charge in [0.15, 0.2) is 0 Å². The molecule has 0 radical (unpaired) electrons. The molecule has 146 valence electrons. The SMILES string of the molecule is CCCC[C@@H](CCO)Nc1nc(N)nc2c1CN(C(=O)c1cscn1)CC2. The fourth-order valence-electron chi connectivity index (χ4n) is 3.29. The smallest absolute Gasteiger partial charge is 0.273 e. The van der Waals surface area contributed by atoms with Crippen molar-refractivity contribution in [2.45, 2.75) is 51.6 Å². The lowest BCUT2D eigenvalue weighted by atomic mass is 10.0. The van der Waals surface area contributed by atoms with Crippen molar-refractivity contribution in [2.75, 3.05) is 24.2 Å². The minimum atomic E-state index is -0.0810. The van der Waals surface area contributed by atoms with Gasteiger partial charge < -0.3 is 21.1 Å². The van der Waals surface area contributed by atoms with Gasteiger partial charge in [-0.3, -0.25) is 4.79 Å². The number of fused-ring (bicyclic) bond motifs is 1. The van der Waals surface area contributed by atoms with Gasteiger partial charge in [0.1, 0.15) is 11.5 Å². The average molecular weight is 391 g/mol. The van der Waals surface area contributed by atoms with Crippen molar-refractivity contribution < 1.29 is 9.90 Å². The highest BCUT2D eigenvalue weighted by Gasteiger charge is 2.27. The molecule has 1 amide bonds. The largest absolute Gasteiger partial charge is 0.396 e. The van der Waals surface area contributed by atoms with Crippen molar-refractivity contribution in [3.8, 4) is 0 Å². The van der Waals surface area contributed by atoms with E-state index in [1.807, 2.05) is 0 Å². The topological polar surface area (TPSA) is 117 Å². The van der Waals surface area contributed by atoms with Crippen LogP contribution < -0.4 is 11.1 Å². The molecule has 0 saturated heterocycles. The maximum atomic E-state index is 12.7. The first kappa shape index (κ1) is 19.5. The Labute approximate surface area is 162 Å². The zero-order valence-electron chi connectivity index (χ0n) is 15.5. The molecule has 9 heteroatoms. The number of thiazole rings is 1. The van der Waals surface area contributed by atoms with Crippen LogP contribution in [0.15, 0.2) is 10.9 Å². The Morgan fingerprint density at radius 1 is 1.44 bits per heavy atom. The van der Waals surface area contributed by atoms with E-state index in [0.717, 1.165) is 30.5 Å². The van der Waals surface area contributed by atoms with E-state index in [-0.39, 0.29) is 24.5 Å². The van der Waals surface area contributed by atoms with Crippen LogP contribution >= 0.6 is 11.3 Å². The van der Waals surface area contributed by atoms with Crippen molar-refractivity contribution in [2.24, 2.45) is 0 Å². The maximum absolute atomic E-state index is 12.7. The predicted octanol–water partition coefficient (Wildman–Crippen LogP) is 2.07. The Morgan fingerprint density at radius 2 is 2.30 bits per heavy atom. The molecule has 3 rings (SSSR count). The number of nitrogen functional groups attached to an aromatic ring is 1. The van der Waals surface area contributed by atoms with E-state index in [4.69, 9.17) is 5.73 Å². The lowest BCUT2D eigenvalue weighted by molar-refractivity contribution is 0.0728. The monoisotopic (exact) mass is 390 g/mol. The van der Waals surface area contributed by atoms with Crippen LogP contribution in [0.1, 0.15) is 54.4 Å². The predicted molar refractivity (Wildman–Crippen MR) is 106 cm³/mol. The quantitative estimate of drug-likeness (QED) is 0.631. The number of amides is 1. The number of aliphatic hydroxyl groups is 1. The number of carbonyl (C=O) groups is 1. The fourth-order valence-corrected chi connectivity index (χ4v) is 3.82. The zero-order valence-corrected chi connectivity index (χ0v) is 16.3. The molecule has 0 spiro atoms. The molecule has 0 unspecified atom stereocenters. The Bertz CT molecular complexity index is 767. The molecule has 1 aliphatic rings. The Balaban J connectivity index is 1.82. The number of hydrogen-bond donors (Lipinski definition) is 3. The van der Waals surface area contributed by atoms with E-state index in [2.05, 4.69) is 27.2 Å². The highest BCUT2D eigenvalue weighted by Crippen LogP contribution is 2.27. The van der Waals surface area contributed by atoms with Crippen LogP contribution in [0, 0.1) is 0 Å². The summed E-state index contributed by atoms with van der Waals surface area (Å²) in [6.07, 6.45) is 4.36. The number of unbranched alkanes of at least 4 members (excludes halogenated alkanes) is 1. The third-order valence-corrected chi connectivity index (χ3v) is 5.33. The second-order valence-corrected chi connectivity index (χ2v) is 7.42. The molecule has 0 saturated carbocycles. The molecule has 0 aliphatic carbocycles. The number of nitrogens with one attached hydrogen (secondary N) is 1. The van der Waals surface area contributed by atoms with Gasteiger partial charge in [-0.05, 0) is 12.8 Å². The minimum absolute atomic E-state index is 0.0810. The third-order valence-electron chi connectivity index (χ3n) is 4.74. The van der Waals surface area contributed by atoms with Gasteiger partial charge in [0.25, 0.3) is 5.91 Å². The Kier molecular flexibility index (Phi) is 6.57. The first-order chi connectivity index (χ1) is 13.1.